The van der Waals surface area contributed by atoms with Crippen LogP contribution in [-0.2, 0) is 9.53 Å². The van der Waals surface area contributed by atoms with Crippen molar-refractivity contribution < 1.29 is 13.9 Å². The number of halogens is 1. The van der Waals surface area contributed by atoms with Crippen LogP contribution in [0.3, 0.4) is 0 Å². The highest BCUT2D eigenvalue weighted by molar-refractivity contribution is 5.88. The van der Waals surface area contributed by atoms with E-state index in [1.807, 2.05) is 13.8 Å². The molecule has 7 heteroatoms. The summed E-state index contributed by atoms with van der Waals surface area (Å²) in [5, 5.41) is 0. The van der Waals surface area contributed by atoms with Crippen LogP contribution in [0.15, 0.2) is 0 Å². The molecule has 1 aliphatic carbocycles. The Hall–Kier alpha value is -0.760. The van der Waals surface area contributed by atoms with Gasteiger partial charge in [0.2, 0.25) is 5.91 Å². The van der Waals surface area contributed by atoms with Crippen LogP contribution >= 0.6 is 0 Å². The molecule has 2 saturated heterocycles. The highest BCUT2D eigenvalue weighted by Crippen LogP contribution is 2.36. The summed E-state index contributed by atoms with van der Waals surface area (Å²) in [6.07, 6.45) is 6.93. The zero-order valence-electron chi connectivity index (χ0n) is 16.9. The normalized spacial score (nSPS) is 36.6. The van der Waals surface area contributed by atoms with E-state index in [1.54, 1.807) is 4.90 Å². The molecule has 2 unspecified atom stereocenters. The van der Waals surface area contributed by atoms with Crippen molar-refractivity contribution in [1.82, 2.24) is 15.8 Å². The van der Waals surface area contributed by atoms with Gasteiger partial charge in [-0.1, -0.05) is 32.1 Å². The van der Waals surface area contributed by atoms with Crippen molar-refractivity contribution in [3.8, 4) is 0 Å². The molecule has 0 aromatic rings. The zero-order valence-corrected chi connectivity index (χ0v) is 16.9. The van der Waals surface area contributed by atoms with Crippen LogP contribution < -0.4 is 16.6 Å². The Bertz CT molecular complexity index is 498. The Morgan fingerprint density at radius 1 is 1.19 bits per heavy atom. The molecule has 156 valence electrons. The van der Waals surface area contributed by atoms with Crippen LogP contribution in [0.25, 0.3) is 0 Å². The van der Waals surface area contributed by atoms with Gasteiger partial charge < -0.3 is 15.4 Å². The number of piperidine rings is 1. The van der Waals surface area contributed by atoms with Crippen LogP contribution in [0.1, 0.15) is 65.2 Å². The van der Waals surface area contributed by atoms with Crippen LogP contribution in [-0.4, -0.2) is 60.4 Å². The second-order valence-corrected chi connectivity index (χ2v) is 8.80. The maximum Gasteiger partial charge on any atom is 0.246 e. The first-order chi connectivity index (χ1) is 12.9. The highest BCUT2D eigenvalue weighted by atomic mass is 19.1. The van der Waals surface area contributed by atoms with Gasteiger partial charge in [0.05, 0.1) is 18.8 Å². The highest BCUT2D eigenvalue weighted by Gasteiger charge is 2.55. The first-order valence-electron chi connectivity index (χ1n) is 10.8. The van der Waals surface area contributed by atoms with Gasteiger partial charge in [0.15, 0.2) is 0 Å². The van der Waals surface area contributed by atoms with Gasteiger partial charge in [0.1, 0.15) is 11.7 Å². The van der Waals surface area contributed by atoms with E-state index in [4.69, 9.17) is 10.5 Å². The first-order valence-corrected chi connectivity index (χ1v) is 10.8. The second kappa shape index (κ2) is 9.16. The van der Waals surface area contributed by atoms with Crippen molar-refractivity contribution in [3.05, 3.63) is 0 Å². The molecule has 4 N–H and O–H groups in total. The Balaban J connectivity index is 1.74. The molecule has 6 nitrogen and oxygen atoms in total. The van der Waals surface area contributed by atoms with Crippen molar-refractivity contribution >= 4 is 5.91 Å². The van der Waals surface area contributed by atoms with E-state index >= 15 is 0 Å². The number of hydrazine groups is 1. The molecule has 1 saturated carbocycles. The fourth-order valence-corrected chi connectivity index (χ4v) is 5.10. The predicted molar refractivity (Wildman–Crippen MR) is 104 cm³/mol. The lowest BCUT2D eigenvalue weighted by Crippen LogP contribution is -2.69. The third kappa shape index (κ3) is 4.47. The van der Waals surface area contributed by atoms with Crippen LogP contribution in [0.5, 0.6) is 0 Å². The molecular weight excluding hydrogens is 347 g/mol. The van der Waals surface area contributed by atoms with Gasteiger partial charge in [0.25, 0.3) is 0 Å². The third-order valence-corrected chi connectivity index (χ3v) is 6.52. The lowest BCUT2D eigenvalue weighted by molar-refractivity contribution is -0.148. The number of hydrogen-bond donors (Lipinski definition) is 3. The summed E-state index contributed by atoms with van der Waals surface area (Å²) in [7, 11) is 0. The summed E-state index contributed by atoms with van der Waals surface area (Å²) in [5.74, 6) is 0.161. The van der Waals surface area contributed by atoms with Gasteiger partial charge in [0, 0.05) is 19.1 Å². The second-order valence-electron chi connectivity index (χ2n) is 8.80. The minimum Gasteiger partial charge on any atom is -0.372 e. The number of nitrogens with two attached hydrogens (primary N) is 1. The number of nitrogens with one attached hydrogen (secondary N) is 2. The zero-order chi connectivity index (χ0) is 19.4. The Morgan fingerprint density at radius 3 is 2.41 bits per heavy atom. The number of hydrogen-bond acceptors (Lipinski definition) is 5. The predicted octanol–water partition coefficient (Wildman–Crippen LogP) is 1.88. The van der Waals surface area contributed by atoms with Crippen LogP contribution in [0, 0.1) is 5.92 Å². The summed E-state index contributed by atoms with van der Waals surface area (Å²) in [5.41, 5.74) is 12.1. The average molecular weight is 385 g/mol. The van der Waals surface area contributed by atoms with Crippen molar-refractivity contribution in [2.24, 2.45) is 11.7 Å². The Morgan fingerprint density at radius 2 is 1.85 bits per heavy atom. The van der Waals surface area contributed by atoms with Gasteiger partial charge in [-0.15, -0.1) is 0 Å². The van der Waals surface area contributed by atoms with E-state index in [0.717, 1.165) is 25.7 Å². The number of alkyl halides is 1. The molecule has 1 amide bonds. The van der Waals surface area contributed by atoms with Gasteiger partial charge in [-0.2, -0.15) is 0 Å². The summed E-state index contributed by atoms with van der Waals surface area (Å²) in [6.45, 7) is 5.02. The van der Waals surface area contributed by atoms with Crippen molar-refractivity contribution in [3.63, 3.8) is 0 Å². The molecule has 3 fully saturated rings. The molecule has 4 atom stereocenters. The molecular formula is C20H37FN4O2. The molecule has 27 heavy (non-hydrogen) atoms. The van der Waals surface area contributed by atoms with E-state index in [2.05, 4.69) is 10.9 Å². The van der Waals surface area contributed by atoms with Crippen LogP contribution in [0.4, 0.5) is 4.39 Å². The summed E-state index contributed by atoms with van der Waals surface area (Å²) in [4.78, 5) is 15.3. The number of amides is 1. The lowest BCUT2D eigenvalue weighted by Gasteiger charge is -2.45. The van der Waals surface area contributed by atoms with Crippen molar-refractivity contribution in [2.75, 3.05) is 19.6 Å². The largest absolute Gasteiger partial charge is 0.372 e. The van der Waals surface area contributed by atoms with E-state index in [-0.39, 0.29) is 30.5 Å². The molecule has 3 aliphatic rings. The first kappa shape index (κ1) is 21.0. The number of ether oxygens (including phenoxy) is 1. The standard InChI is InChI=1S/C20H37FN4O2/c1-14(2)27-17-10-11-25(13-16(17)21)19(26)20(18(22)12-23-24-20)15-8-6-4-3-5-7-9-15/h14-18,23-24H,3-13,22H2,1-2H3/t16-,17+,18?,20?/m1/s1. The number of likely N-dealkylation sites (tertiary alicyclic amines) is 1. The van der Waals surface area contributed by atoms with Gasteiger partial charge >= 0.3 is 0 Å². The number of carbonyl (C=O) groups excluding carboxylic acids is 1. The van der Waals surface area contributed by atoms with Crippen LogP contribution in [0.2, 0.25) is 0 Å². The number of rotatable bonds is 4. The lowest BCUT2D eigenvalue weighted by atomic mass is 9.72. The Kier molecular flexibility index (Phi) is 7.11. The maximum absolute atomic E-state index is 14.7. The van der Waals surface area contributed by atoms with E-state index < -0.39 is 17.8 Å². The Labute approximate surface area is 162 Å². The van der Waals surface area contributed by atoms with E-state index in [9.17, 15) is 9.18 Å². The smallest absolute Gasteiger partial charge is 0.246 e. The van der Waals surface area contributed by atoms with Gasteiger partial charge in [-0.25, -0.2) is 9.82 Å². The summed E-state index contributed by atoms with van der Waals surface area (Å²) in [6, 6.07) is -0.294. The average Bonchev–Trinajstić information content (AvgIpc) is 2.98. The SMILES string of the molecule is CC(C)O[C@H]1CCN(C(=O)C2(C3CCCCCCC3)NNCC2N)C[C@H]1F. The fraction of sp³-hybridized carbons (Fsp3) is 0.950. The quantitative estimate of drug-likeness (QED) is 0.690. The van der Waals surface area contributed by atoms with E-state index in [0.29, 0.717) is 19.5 Å². The molecule has 0 aromatic heterocycles. The number of nitrogens with zero attached hydrogens (tertiary/aromatic N) is 1. The molecule has 2 aliphatic heterocycles. The molecule has 0 spiro atoms. The monoisotopic (exact) mass is 384 g/mol. The van der Waals surface area contributed by atoms with Crippen molar-refractivity contribution in [1.29, 1.82) is 0 Å². The topological polar surface area (TPSA) is 79.6 Å². The fourth-order valence-electron chi connectivity index (χ4n) is 5.10. The molecule has 0 aromatic carbocycles. The molecule has 2 heterocycles. The molecule has 3 rings (SSSR count). The van der Waals surface area contributed by atoms with E-state index in [1.165, 1.54) is 19.3 Å². The molecule has 0 radical (unpaired) electrons. The third-order valence-electron chi connectivity index (χ3n) is 6.52. The van der Waals surface area contributed by atoms with Crippen molar-refractivity contribution in [2.45, 2.75) is 95.2 Å². The number of carbonyl (C=O) groups is 1. The minimum absolute atomic E-state index is 0.00844. The maximum atomic E-state index is 14.7. The minimum atomic E-state index is -1.15. The summed E-state index contributed by atoms with van der Waals surface area (Å²) >= 11 is 0. The van der Waals surface area contributed by atoms with Gasteiger partial charge in [-0.3, -0.25) is 10.2 Å². The summed E-state index contributed by atoms with van der Waals surface area (Å²) < 4.78 is 20.4. The molecule has 0 bridgehead atoms. The van der Waals surface area contributed by atoms with Gasteiger partial charge in [-0.05, 0) is 39.0 Å².